The average Bonchev–Trinajstić information content (AvgIpc) is 2.77. The van der Waals surface area contributed by atoms with Crippen LogP contribution in [0, 0.1) is 0 Å². The molecule has 1 atom stereocenters. The van der Waals surface area contributed by atoms with Gasteiger partial charge in [0.25, 0.3) is 10.1 Å². The van der Waals surface area contributed by atoms with Gasteiger partial charge in [-0.15, -0.1) is 0 Å². The van der Waals surface area contributed by atoms with E-state index in [9.17, 15) is 27.9 Å². The molecule has 0 saturated carbocycles. The highest BCUT2D eigenvalue weighted by Crippen LogP contribution is 2.15. The van der Waals surface area contributed by atoms with E-state index in [0.29, 0.717) is 5.56 Å². The molecule has 0 aliphatic rings. The molecular weight excluding hydrogens is 440 g/mol. The predicted molar refractivity (Wildman–Crippen MR) is 113 cm³/mol. The zero-order valence-corrected chi connectivity index (χ0v) is 17.8. The van der Waals surface area contributed by atoms with Crippen LogP contribution in [0.25, 0.3) is 0 Å². The Morgan fingerprint density at radius 2 is 1.59 bits per heavy atom. The molecule has 0 amide bonds. The van der Waals surface area contributed by atoms with Crippen molar-refractivity contribution in [2.45, 2.75) is 18.3 Å². The number of hydrogen-bond donors (Lipinski definition) is 1. The van der Waals surface area contributed by atoms with Crippen LogP contribution in [-0.4, -0.2) is 50.7 Å². The van der Waals surface area contributed by atoms with Gasteiger partial charge in [0.05, 0.1) is 17.7 Å². The Labute approximate surface area is 185 Å². The summed E-state index contributed by atoms with van der Waals surface area (Å²) in [5.74, 6) is -3.39. The highest BCUT2D eigenvalue weighted by atomic mass is 32.2. The summed E-state index contributed by atoms with van der Waals surface area (Å²) in [6.07, 6.45) is -0.311. The molecule has 2 aromatic rings. The van der Waals surface area contributed by atoms with E-state index in [4.69, 9.17) is 13.7 Å². The van der Waals surface area contributed by atoms with E-state index >= 15 is 0 Å². The van der Waals surface area contributed by atoms with E-state index in [-0.39, 0.29) is 24.2 Å². The topological polar surface area (TPSA) is 133 Å². The molecule has 1 N–H and O–H groups in total. The molecule has 0 aromatic heterocycles. The van der Waals surface area contributed by atoms with E-state index in [0.717, 1.165) is 6.08 Å². The Bertz CT molecular complexity index is 1060. The lowest BCUT2D eigenvalue weighted by molar-refractivity contribution is -0.138. The fourth-order valence-electron chi connectivity index (χ4n) is 2.62. The van der Waals surface area contributed by atoms with Gasteiger partial charge in [0.15, 0.2) is 0 Å². The molecule has 0 fully saturated rings. The normalized spacial score (nSPS) is 11.9. The predicted octanol–water partition coefficient (Wildman–Crippen LogP) is 2.58. The van der Waals surface area contributed by atoms with Crippen molar-refractivity contribution in [1.82, 2.24) is 0 Å². The number of carboxylic acids is 1. The summed E-state index contributed by atoms with van der Waals surface area (Å²) in [6.45, 7) is 2.55. The molecule has 1 unspecified atom stereocenters. The molecule has 32 heavy (non-hydrogen) atoms. The summed E-state index contributed by atoms with van der Waals surface area (Å²) in [7, 11) is -4.07. The average molecular weight is 462 g/mol. The summed E-state index contributed by atoms with van der Waals surface area (Å²) >= 11 is 0. The third-order valence-corrected chi connectivity index (χ3v) is 5.35. The summed E-state index contributed by atoms with van der Waals surface area (Å²) in [6, 6.07) is 13.8. The van der Waals surface area contributed by atoms with Crippen LogP contribution >= 0.6 is 0 Å². The highest BCUT2D eigenvalue weighted by Gasteiger charge is 2.24. The molecule has 0 spiro atoms. The molecule has 0 radical (unpaired) electrons. The standard InChI is InChI=1S/C22H22O9S/c1-2-20(23)29-13-12-17(31-32(27,28)15-16-8-4-3-5-9-16)14-30-22(26)19-11-7-6-10-18(19)21(24)25/h2-11,17H,1,12-15H2,(H,24,25). The van der Waals surface area contributed by atoms with Gasteiger partial charge in [0, 0.05) is 12.5 Å². The van der Waals surface area contributed by atoms with Crippen LogP contribution in [0.15, 0.2) is 67.3 Å². The molecule has 0 aliphatic heterocycles. The van der Waals surface area contributed by atoms with Gasteiger partial charge in [-0.2, -0.15) is 8.42 Å². The maximum Gasteiger partial charge on any atom is 0.339 e. The SMILES string of the molecule is C=CC(=O)OCCC(COC(=O)c1ccccc1C(=O)O)OS(=O)(=O)Cc1ccccc1. The largest absolute Gasteiger partial charge is 0.478 e. The van der Waals surface area contributed by atoms with Crippen molar-refractivity contribution in [2.24, 2.45) is 0 Å². The lowest BCUT2D eigenvalue weighted by atomic mass is 10.1. The van der Waals surface area contributed by atoms with Gasteiger partial charge in [-0.1, -0.05) is 49.0 Å². The second kappa shape index (κ2) is 11.8. The minimum absolute atomic E-state index is 0.0958. The van der Waals surface area contributed by atoms with Crippen molar-refractivity contribution in [1.29, 1.82) is 0 Å². The Morgan fingerprint density at radius 1 is 0.969 bits per heavy atom. The number of ether oxygens (including phenoxy) is 2. The first kappa shape index (κ1) is 24.8. The Morgan fingerprint density at radius 3 is 2.22 bits per heavy atom. The fraction of sp³-hybridized carbons (Fsp3) is 0.227. The number of hydrogen-bond acceptors (Lipinski definition) is 8. The van der Waals surface area contributed by atoms with Gasteiger partial charge < -0.3 is 14.6 Å². The summed E-state index contributed by atoms with van der Waals surface area (Å²) in [5, 5.41) is 9.21. The first-order valence-electron chi connectivity index (χ1n) is 9.45. The fourth-order valence-corrected chi connectivity index (χ4v) is 3.86. The summed E-state index contributed by atoms with van der Waals surface area (Å²) < 4.78 is 40.1. The number of carbonyl (C=O) groups is 3. The van der Waals surface area contributed by atoms with E-state index in [1.54, 1.807) is 30.3 Å². The van der Waals surface area contributed by atoms with Crippen molar-refractivity contribution in [3.63, 3.8) is 0 Å². The molecule has 2 aromatic carbocycles. The molecule has 9 nitrogen and oxygen atoms in total. The number of carbonyl (C=O) groups excluding carboxylic acids is 2. The second-order valence-corrected chi connectivity index (χ2v) is 8.11. The van der Waals surface area contributed by atoms with Crippen molar-refractivity contribution >= 4 is 28.0 Å². The molecule has 0 saturated heterocycles. The molecular formula is C22H22O9S. The van der Waals surface area contributed by atoms with E-state index in [1.165, 1.54) is 24.3 Å². The first-order chi connectivity index (χ1) is 15.2. The van der Waals surface area contributed by atoms with E-state index < -0.39 is 46.5 Å². The molecule has 0 heterocycles. The highest BCUT2D eigenvalue weighted by molar-refractivity contribution is 7.85. The van der Waals surface area contributed by atoms with Crippen LogP contribution in [0.4, 0.5) is 0 Å². The minimum Gasteiger partial charge on any atom is -0.478 e. The number of aromatic carboxylic acids is 1. The minimum atomic E-state index is -4.07. The summed E-state index contributed by atoms with van der Waals surface area (Å²) in [5.41, 5.74) is 0.0484. The maximum absolute atomic E-state index is 12.5. The number of carboxylic acid groups (broad SMARTS) is 1. The molecule has 10 heteroatoms. The first-order valence-corrected chi connectivity index (χ1v) is 11.0. The van der Waals surface area contributed by atoms with Gasteiger partial charge in [-0.3, -0.25) is 4.18 Å². The molecule has 170 valence electrons. The Hall–Kier alpha value is -3.50. The van der Waals surface area contributed by atoms with Crippen LogP contribution in [-0.2, 0) is 34.3 Å². The van der Waals surface area contributed by atoms with Crippen molar-refractivity contribution in [2.75, 3.05) is 13.2 Å². The van der Waals surface area contributed by atoms with Crippen LogP contribution in [0.5, 0.6) is 0 Å². The van der Waals surface area contributed by atoms with Gasteiger partial charge >= 0.3 is 17.9 Å². The van der Waals surface area contributed by atoms with Crippen LogP contribution in [0.1, 0.15) is 32.7 Å². The molecule has 0 aliphatic carbocycles. The van der Waals surface area contributed by atoms with Crippen LogP contribution in [0.2, 0.25) is 0 Å². The lowest BCUT2D eigenvalue weighted by Crippen LogP contribution is -2.28. The van der Waals surface area contributed by atoms with E-state index in [2.05, 4.69) is 6.58 Å². The Kier molecular flexibility index (Phi) is 9.11. The summed E-state index contributed by atoms with van der Waals surface area (Å²) in [4.78, 5) is 34.9. The maximum atomic E-state index is 12.5. The number of benzene rings is 2. The van der Waals surface area contributed by atoms with Crippen molar-refractivity contribution < 1.29 is 41.6 Å². The van der Waals surface area contributed by atoms with Gasteiger partial charge in [-0.05, 0) is 17.7 Å². The van der Waals surface area contributed by atoms with Crippen LogP contribution in [0.3, 0.4) is 0 Å². The quantitative estimate of drug-likeness (QED) is 0.287. The van der Waals surface area contributed by atoms with Gasteiger partial charge in [0.2, 0.25) is 0 Å². The number of rotatable bonds is 12. The third kappa shape index (κ3) is 7.97. The van der Waals surface area contributed by atoms with Gasteiger partial charge in [0.1, 0.15) is 18.5 Å². The zero-order chi connectivity index (χ0) is 23.6. The molecule has 0 bridgehead atoms. The van der Waals surface area contributed by atoms with E-state index in [1.807, 2.05) is 0 Å². The third-order valence-electron chi connectivity index (χ3n) is 4.10. The second-order valence-electron chi connectivity index (χ2n) is 6.52. The van der Waals surface area contributed by atoms with Crippen LogP contribution < -0.4 is 0 Å². The van der Waals surface area contributed by atoms with Crippen molar-refractivity contribution in [3.05, 3.63) is 83.9 Å². The van der Waals surface area contributed by atoms with Crippen molar-refractivity contribution in [3.8, 4) is 0 Å². The smallest absolute Gasteiger partial charge is 0.339 e. The monoisotopic (exact) mass is 462 g/mol. The Balaban J connectivity index is 2.09. The lowest BCUT2D eigenvalue weighted by Gasteiger charge is -2.18. The molecule has 2 rings (SSSR count). The zero-order valence-electron chi connectivity index (χ0n) is 17.0. The van der Waals surface area contributed by atoms with Gasteiger partial charge in [-0.25, -0.2) is 14.4 Å². The number of esters is 2.